The van der Waals surface area contributed by atoms with Gasteiger partial charge in [-0.2, -0.15) is 5.10 Å². The van der Waals surface area contributed by atoms with Crippen molar-refractivity contribution < 1.29 is 0 Å². The van der Waals surface area contributed by atoms with E-state index in [1.165, 1.54) is 5.56 Å². The summed E-state index contributed by atoms with van der Waals surface area (Å²) in [5.41, 5.74) is 2.49. The summed E-state index contributed by atoms with van der Waals surface area (Å²) in [4.78, 5) is 4.78. The highest BCUT2D eigenvalue weighted by Crippen LogP contribution is 2.12. The molecule has 0 radical (unpaired) electrons. The van der Waals surface area contributed by atoms with Gasteiger partial charge < -0.3 is 10.2 Å². The zero-order valence-corrected chi connectivity index (χ0v) is 15.1. The average molecular weight is 324 g/mol. The normalized spacial score (nSPS) is 17.5. The van der Waals surface area contributed by atoms with E-state index in [1.807, 2.05) is 4.68 Å². The second-order valence-electron chi connectivity index (χ2n) is 6.12. The molecule has 0 bridgehead atoms. The molecule has 1 aliphatic heterocycles. The number of aromatic nitrogens is 2. The Kier molecular flexibility index (Phi) is 6.20. The van der Waals surface area contributed by atoms with E-state index < -0.39 is 0 Å². The third-order valence-electron chi connectivity index (χ3n) is 4.41. The maximum absolute atomic E-state index is 5.51. The minimum absolute atomic E-state index is 0.452. The molecule has 2 rings (SSSR count). The molecule has 1 atom stereocenters. The fourth-order valence-corrected chi connectivity index (χ4v) is 3.01. The predicted octanol–water partition coefficient (Wildman–Crippen LogP) is 2.00. The van der Waals surface area contributed by atoms with Crippen molar-refractivity contribution in [2.24, 2.45) is 0 Å². The number of aryl methyl sites for hydroxylation is 2. The van der Waals surface area contributed by atoms with Gasteiger partial charge in [-0.1, -0.05) is 6.92 Å². The Morgan fingerprint density at radius 3 is 2.55 bits per heavy atom. The molecule has 1 aromatic heterocycles. The highest BCUT2D eigenvalue weighted by molar-refractivity contribution is 7.80. The first-order valence-corrected chi connectivity index (χ1v) is 8.75. The van der Waals surface area contributed by atoms with Crippen LogP contribution in [-0.2, 0) is 13.1 Å². The van der Waals surface area contributed by atoms with E-state index in [0.29, 0.717) is 6.04 Å². The Hall–Kier alpha value is -1.14. The minimum Gasteiger partial charge on any atom is -0.360 e. The first kappa shape index (κ1) is 17.2. The van der Waals surface area contributed by atoms with Crippen LogP contribution < -0.4 is 5.32 Å². The van der Waals surface area contributed by atoms with Crippen LogP contribution in [0.25, 0.3) is 0 Å². The number of nitrogens with zero attached hydrogens (tertiary/aromatic N) is 4. The van der Waals surface area contributed by atoms with Gasteiger partial charge in [0.15, 0.2) is 5.11 Å². The fraction of sp³-hybridized carbons (Fsp3) is 0.750. The van der Waals surface area contributed by atoms with E-state index in [4.69, 9.17) is 12.2 Å². The van der Waals surface area contributed by atoms with Gasteiger partial charge in [0, 0.05) is 57.1 Å². The monoisotopic (exact) mass is 323 g/mol. The van der Waals surface area contributed by atoms with Crippen LogP contribution in [0.3, 0.4) is 0 Å². The van der Waals surface area contributed by atoms with Gasteiger partial charge in [-0.15, -0.1) is 0 Å². The van der Waals surface area contributed by atoms with E-state index in [1.54, 1.807) is 0 Å². The third-order valence-corrected chi connectivity index (χ3v) is 4.78. The van der Waals surface area contributed by atoms with Gasteiger partial charge >= 0.3 is 0 Å². The van der Waals surface area contributed by atoms with E-state index in [-0.39, 0.29) is 0 Å². The van der Waals surface area contributed by atoms with Crippen LogP contribution in [-0.4, -0.2) is 56.9 Å². The maximum Gasteiger partial charge on any atom is 0.169 e. The molecule has 6 heteroatoms. The van der Waals surface area contributed by atoms with Gasteiger partial charge in [0.25, 0.3) is 0 Å². The molecule has 1 aromatic rings. The zero-order valence-electron chi connectivity index (χ0n) is 14.3. The highest BCUT2D eigenvalue weighted by atomic mass is 32.1. The second kappa shape index (κ2) is 7.92. The molecule has 0 aromatic carbocycles. The molecule has 1 fully saturated rings. The van der Waals surface area contributed by atoms with Crippen molar-refractivity contribution in [3.8, 4) is 0 Å². The number of thiocarbonyl (C=S) groups is 1. The summed E-state index contributed by atoms with van der Waals surface area (Å²) in [5, 5.41) is 8.84. The van der Waals surface area contributed by atoms with Crippen LogP contribution in [0.15, 0.2) is 6.20 Å². The Morgan fingerprint density at radius 1 is 1.32 bits per heavy atom. The van der Waals surface area contributed by atoms with Crippen molar-refractivity contribution >= 4 is 17.3 Å². The van der Waals surface area contributed by atoms with Crippen molar-refractivity contribution in [2.75, 3.05) is 26.2 Å². The molecule has 5 nitrogen and oxygen atoms in total. The quantitative estimate of drug-likeness (QED) is 0.839. The molecular formula is C16H29N5S. The third kappa shape index (κ3) is 4.43. The summed E-state index contributed by atoms with van der Waals surface area (Å²) in [6, 6.07) is 0.452. The molecular weight excluding hydrogens is 294 g/mol. The van der Waals surface area contributed by atoms with Crippen LogP contribution in [0.1, 0.15) is 38.4 Å². The van der Waals surface area contributed by atoms with Crippen LogP contribution in [0.5, 0.6) is 0 Å². The van der Waals surface area contributed by atoms with Crippen LogP contribution >= 0.6 is 12.2 Å². The summed E-state index contributed by atoms with van der Waals surface area (Å²) in [6.45, 7) is 14.6. The molecule has 0 spiro atoms. The molecule has 124 valence electrons. The summed E-state index contributed by atoms with van der Waals surface area (Å²) in [5.74, 6) is 0. The molecule has 1 unspecified atom stereocenters. The smallest absolute Gasteiger partial charge is 0.169 e. The van der Waals surface area contributed by atoms with Crippen molar-refractivity contribution in [1.29, 1.82) is 0 Å². The molecule has 0 aliphatic carbocycles. The molecule has 1 aliphatic rings. The van der Waals surface area contributed by atoms with E-state index in [9.17, 15) is 0 Å². The molecule has 1 saturated heterocycles. The topological polar surface area (TPSA) is 36.3 Å². The molecule has 0 amide bonds. The van der Waals surface area contributed by atoms with E-state index in [2.05, 4.69) is 54.1 Å². The van der Waals surface area contributed by atoms with E-state index >= 15 is 0 Å². The summed E-state index contributed by atoms with van der Waals surface area (Å²) in [6.07, 6.45) is 3.28. The second-order valence-corrected chi connectivity index (χ2v) is 6.50. The lowest BCUT2D eigenvalue weighted by Gasteiger charge is -2.36. The van der Waals surface area contributed by atoms with Crippen LogP contribution in [0.4, 0.5) is 0 Å². The van der Waals surface area contributed by atoms with Gasteiger partial charge in [0.05, 0.1) is 5.69 Å². The van der Waals surface area contributed by atoms with Gasteiger partial charge in [-0.3, -0.25) is 9.58 Å². The first-order chi connectivity index (χ1) is 10.5. The number of rotatable bonds is 5. The Bertz CT molecular complexity index is 491. The molecule has 0 saturated carbocycles. The van der Waals surface area contributed by atoms with Crippen LogP contribution in [0.2, 0.25) is 0 Å². The number of nitrogens with one attached hydrogen (secondary N) is 1. The summed E-state index contributed by atoms with van der Waals surface area (Å²) < 4.78 is 2.02. The van der Waals surface area contributed by atoms with Crippen molar-refractivity contribution in [3.05, 3.63) is 17.5 Å². The van der Waals surface area contributed by atoms with Crippen molar-refractivity contribution in [1.82, 2.24) is 24.9 Å². The number of hydrogen-bond donors (Lipinski definition) is 1. The summed E-state index contributed by atoms with van der Waals surface area (Å²) >= 11 is 5.51. The van der Waals surface area contributed by atoms with Gasteiger partial charge in [0.2, 0.25) is 0 Å². The minimum atomic E-state index is 0.452. The van der Waals surface area contributed by atoms with Crippen LogP contribution in [0, 0.1) is 6.92 Å². The van der Waals surface area contributed by atoms with Crippen molar-refractivity contribution in [3.63, 3.8) is 0 Å². The maximum atomic E-state index is 5.51. The molecule has 22 heavy (non-hydrogen) atoms. The highest BCUT2D eigenvalue weighted by Gasteiger charge is 2.20. The van der Waals surface area contributed by atoms with E-state index in [0.717, 1.165) is 56.5 Å². The first-order valence-electron chi connectivity index (χ1n) is 8.34. The summed E-state index contributed by atoms with van der Waals surface area (Å²) in [7, 11) is 0. The Morgan fingerprint density at radius 2 is 2.00 bits per heavy atom. The molecule has 2 heterocycles. The van der Waals surface area contributed by atoms with Crippen molar-refractivity contribution in [2.45, 2.75) is 53.2 Å². The largest absolute Gasteiger partial charge is 0.360 e. The SMILES string of the molecule is CCC(C)NC(=S)N1CCN(Cc2cn(CC)nc2C)CC1. The van der Waals surface area contributed by atoms with Gasteiger partial charge in [0.1, 0.15) is 0 Å². The average Bonchev–Trinajstić information content (AvgIpc) is 2.88. The Balaban J connectivity index is 1.81. The molecule has 1 N–H and O–H groups in total. The lowest BCUT2D eigenvalue weighted by atomic mass is 10.2. The standard InChI is InChI=1S/C16H29N5S/c1-5-13(3)17-16(22)20-9-7-19(8-10-20)11-15-12-21(6-2)18-14(15)4/h12-13H,5-11H2,1-4H3,(H,17,22). The lowest BCUT2D eigenvalue weighted by Crippen LogP contribution is -2.52. The number of piperazine rings is 1. The number of hydrogen-bond acceptors (Lipinski definition) is 3. The predicted molar refractivity (Wildman–Crippen MR) is 95.0 cm³/mol. The lowest BCUT2D eigenvalue weighted by molar-refractivity contribution is 0.173. The zero-order chi connectivity index (χ0) is 16.1. The Labute approximate surface area is 139 Å². The van der Waals surface area contributed by atoms with Gasteiger partial charge in [-0.05, 0) is 39.4 Å². The van der Waals surface area contributed by atoms with Gasteiger partial charge in [-0.25, -0.2) is 0 Å². The fourth-order valence-electron chi connectivity index (χ4n) is 2.63.